The summed E-state index contributed by atoms with van der Waals surface area (Å²) in [5.41, 5.74) is -1.23. The van der Waals surface area contributed by atoms with Gasteiger partial charge in [-0.1, -0.05) is 19.4 Å². The van der Waals surface area contributed by atoms with Crippen LogP contribution < -0.4 is 0 Å². The Morgan fingerprint density at radius 2 is 1.96 bits per heavy atom. The van der Waals surface area contributed by atoms with Crippen molar-refractivity contribution in [3.05, 3.63) is 11.6 Å². The highest BCUT2D eigenvalue weighted by molar-refractivity contribution is 5.91. The third-order valence-corrected chi connectivity index (χ3v) is 8.65. The van der Waals surface area contributed by atoms with E-state index in [4.69, 9.17) is 0 Å². The number of hydrogen-bond acceptors (Lipinski definition) is 5. The molecule has 0 amide bonds. The van der Waals surface area contributed by atoms with Crippen LogP contribution in [0.2, 0.25) is 0 Å². The third kappa shape index (κ3) is 2.14. The monoisotopic (exact) mass is 362 g/mol. The maximum absolute atomic E-state index is 12.4. The molecule has 0 aliphatic heterocycles. The molecule has 144 valence electrons. The van der Waals surface area contributed by atoms with E-state index in [9.17, 15) is 24.9 Å². The molecule has 5 heteroatoms. The van der Waals surface area contributed by atoms with Gasteiger partial charge in [-0.05, 0) is 67.8 Å². The minimum atomic E-state index is -1.54. The van der Waals surface area contributed by atoms with Gasteiger partial charge in [0, 0.05) is 11.8 Å². The summed E-state index contributed by atoms with van der Waals surface area (Å²) in [4.78, 5) is 24.3. The lowest BCUT2D eigenvalue weighted by Gasteiger charge is -2.60. The lowest BCUT2D eigenvalue weighted by molar-refractivity contribution is -0.182. The van der Waals surface area contributed by atoms with Crippen LogP contribution in [0.4, 0.5) is 0 Å². The number of carbonyl (C=O) groups is 2. The van der Waals surface area contributed by atoms with Gasteiger partial charge in [-0.15, -0.1) is 0 Å². The predicted molar refractivity (Wildman–Crippen MR) is 95.1 cm³/mol. The number of hydrogen-bond donors (Lipinski definition) is 3. The molecule has 3 fully saturated rings. The molecule has 4 aliphatic rings. The molecule has 0 aromatic carbocycles. The van der Waals surface area contributed by atoms with Gasteiger partial charge < -0.3 is 15.3 Å². The number of fused-ring (bicyclic) bond motifs is 5. The largest absolute Gasteiger partial charge is 0.393 e. The van der Waals surface area contributed by atoms with Crippen molar-refractivity contribution in [2.45, 2.75) is 70.5 Å². The van der Waals surface area contributed by atoms with Crippen molar-refractivity contribution in [2.75, 3.05) is 6.61 Å². The first kappa shape index (κ1) is 18.3. The fourth-order valence-electron chi connectivity index (χ4n) is 7.28. The lowest BCUT2D eigenvalue weighted by Crippen LogP contribution is -2.62. The summed E-state index contributed by atoms with van der Waals surface area (Å²) in [5.74, 6) is 0.140. The van der Waals surface area contributed by atoms with Gasteiger partial charge in [-0.3, -0.25) is 9.59 Å². The van der Waals surface area contributed by atoms with Crippen molar-refractivity contribution < 1.29 is 24.9 Å². The van der Waals surface area contributed by atoms with E-state index < -0.39 is 29.5 Å². The Kier molecular flexibility index (Phi) is 4.04. The summed E-state index contributed by atoms with van der Waals surface area (Å²) in [6, 6.07) is 0. The molecule has 26 heavy (non-hydrogen) atoms. The molecule has 4 rings (SSSR count). The molecule has 0 saturated heterocycles. The summed E-state index contributed by atoms with van der Waals surface area (Å²) in [6.07, 6.45) is 5.74. The second-order valence-electron chi connectivity index (χ2n) is 9.56. The van der Waals surface area contributed by atoms with Crippen molar-refractivity contribution in [2.24, 2.45) is 28.6 Å². The number of aliphatic hydroxyl groups excluding tert-OH is 2. The molecular weight excluding hydrogens is 332 g/mol. The summed E-state index contributed by atoms with van der Waals surface area (Å²) in [7, 11) is 0. The smallest absolute Gasteiger partial charge is 0.190 e. The van der Waals surface area contributed by atoms with Gasteiger partial charge in [0.25, 0.3) is 0 Å². The Hall–Kier alpha value is -1.04. The van der Waals surface area contributed by atoms with Crippen molar-refractivity contribution in [1.29, 1.82) is 0 Å². The molecule has 3 N–H and O–H groups in total. The van der Waals surface area contributed by atoms with Crippen LogP contribution in [-0.4, -0.2) is 45.2 Å². The Balaban J connectivity index is 1.74. The van der Waals surface area contributed by atoms with Crippen molar-refractivity contribution in [1.82, 2.24) is 0 Å². The zero-order valence-corrected chi connectivity index (χ0v) is 15.7. The van der Waals surface area contributed by atoms with Gasteiger partial charge in [-0.2, -0.15) is 0 Å². The first-order valence-electron chi connectivity index (χ1n) is 9.96. The molecule has 0 aromatic rings. The van der Waals surface area contributed by atoms with Gasteiger partial charge in [-0.25, -0.2) is 0 Å². The highest BCUT2D eigenvalue weighted by Gasteiger charge is 2.68. The highest BCUT2D eigenvalue weighted by atomic mass is 16.3. The molecule has 0 unspecified atom stereocenters. The van der Waals surface area contributed by atoms with E-state index in [1.165, 1.54) is 5.57 Å². The second-order valence-corrected chi connectivity index (χ2v) is 9.56. The highest BCUT2D eigenvalue weighted by Crippen LogP contribution is 2.67. The summed E-state index contributed by atoms with van der Waals surface area (Å²) >= 11 is 0. The van der Waals surface area contributed by atoms with E-state index >= 15 is 0 Å². The molecule has 0 radical (unpaired) electrons. The third-order valence-electron chi connectivity index (χ3n) is 8.65. The topological polar surface area (TPSA) is 94.8 Å². The number of aliphatic hydroxyl groups is 3. The standard InChI is InChI=1S/C21H30O5/c1-19-7-5-13(23)9-12(19)3-4-14-15-6-8-21(26,17(25)11-22)20(15,2)10-16(24)18(14)19/h9,14-16,18,22,24,26H,3-8,10-11H2,1-2H3/t14-,15-,16+,18+,19-,20-,21-/m0/s1. The van der Waals surface area contributed by atoms with Gasteiger partial charge >= 0.3 is 0 Å². The Morgan fingerprint density at radius 3 is 2.65 bits per heavy atom. The average molecular weight is 362 g/mol. The lowest BCUT2D eigenvalue weighted by atomic mass is 9.45. The zero-order chi connectivity index (χ0) is 18.9. The van der Waals surface area contributed by atoms with Crippen LogP contribution in [0.15, 0.2) is 11.6 Å². The number of Topliss-reactive ketones (excluding diaryl/α,β-unsaturated/α-hetero) is 1. The van der Waals surface area contributed by atoms with E-state index in [0.717, 1.165) is 25.7 Å². The minimum Gasteiger partial charge on any atom is -0.393 e. The fourth-order valence-corrected chi connectivity index (χ4v) is 7.28. The first-order valence-corrected chi connectivity index (χ1v) is 9.96. The van der Waals surface area contributed by atoms with Gasteiger partial charge in [0.05, 0.1) is 6.10 Å². The van der Waals surface area contributed by atoms with E-state index in [0.29, 0.717) is 19.3 Å². The fraction of sp³-hybridized carbons (Fsp3) is 0.810. The number of carbonyl (C=O) groups excluding carboxylic acids is 2. The summed E-state index contributed by atoms with van der Waals surface area (Å²) in [6.45, 7) is 3.46. The second kappa shape index (κ2) is 5.73. The van der Waals surface area contributed by atoms with Gasteiger partial charge in [0.2, 0.25) is 0 Å². The van der Waals surface area contributed by atoms with Crippen molar-refractivity contribution >= 4 is 11.6 Å². The quantitative estimate of drug-likeness (QED) is 0.696. The normalized spacial score (nSPS) is 50.5. The van der Waals surface area contributed by atoms with Crippen LogP contribution >= 0.6 is 0 Å². The van der Waals surface area contributed by atoms with E-state index in [1.807, 2.05) is 6.92 Å². The van der Waals surface area contributed by atoms with Crippen LogP contribution in [0.1, 0.15) is 58.8 Å². The van der Waals surface area contributed by atoms with Crippen LogP contribution in [0.3, 0.4) is 0 Å². The van der Waals surface area contributed by atoms with E-state index in [2.05, 4.69) is 6.92 Å². The molecule has 5 nitrogen and oxygen atoms in total. The average Bonchev–Trinajstić information content (AvgIpc) is 2.86. The van der Waals surface area contributed by atoms with E-state index in [1.54, 1.807) is 6.08 Å². The Labute approximate surface area is 154 Å². The molecular formula is C21H30O5. The maximum Gasteiger partial charge on any atom is 0.190 e. The number of rotatable bonds is 2. The first-order chi connectivity index (χ1) is 12.2. The predicted octanol–water partition coefficient (Wildman–Crippen LogP) is 1.78. The molecule has 0 bridgehead atoms. The number of ketones is 2. The summed E-state index contributed by atoms with van der Waals surface area (Å²) < 4.78 is 0. The molecule has 3 saturated carbocycles. The zero-order valence-electron chi connectivity index (χ0n) is 15.7. The Bertz CT molecular complexity index is 684. The summed E-state index contributed by atoms with van der Waals surface area (Å²) in [5, 5.41) is 31.7. The SMILES string of the molecule is C[C@]12CCC(=O)C=C1CC[C@@H]1[C@@H]2[C@H](O)C[C@@]2(C)[C@H]1CC[C@]2(O)C(=O)CO. The number of allylic oxidation sites excluding steroid dienone is 1. The van der Waals surface area contributed by atoms with E-state index in [-0.39, 0.29) is 29.0 Å². The van der Waals surface area contributed by atoms with Crippen LogP contribution in [0, 0.1) is 28.6 Å². The van der Waals surface area contributed by atoms with Crippen LogP contribution in [-0.2, 0) is 9.59 Å². The molecule has 7 atom stereocenters. The Morgan fingerprint density at radius 1 is 1.23 bits per heavy atom. The van der Waals surface area contributed by atoms with Gasteiger partial charge in [0.1, 0.15) is 12.2 Å². The molecule has 0 aromatic heterocycles. The van der Waals surface area contributed by atoms with Crippen LogP contribution in [0.25, 0.3) is 0 Å². The minimum absolute atomic E-state index is 0.0697. The maximum atomic E-state index is 12.4. The molecule has 4 aliphatic carbocycles. The van der Waals surface area contributed by atoms with Gasteiger partial charge in [0.15, 0.2) is 11.6 Å². The molecule has 0 heterocycles. The van der Waals surface area contributed by atoms with Crippen molar-refractivity contribution in [3.63, 3.8) is 0 Å². The van der Waals surface area contributed by atoms with Crippen molar-refractivity contribution in [3.8, 4) is 0 Å². The molecule has 0 spiro atoms. The van der Waals surface area contributed by atoms with Crippen LogP contribution in [0.5, 0.6) is 0 Å².